The third-order valence-corrected chi connectivity index (χ3v) is 3.72. The molecule has 0 spiro atoms. The van der Waals surface area contributed by atoms with Crippen LogP contribution in [0.5, 0.6) is 0 Å². The Morgan fingerprint density at radius 3 is 2.69 bits per heavy atom. The molecular formula is C13H22N2O. The van der Waals surface area contributed by atoms with Crippen molar-refractivity contribution in [2.75, 3.05) is 6.54 Å². The zero-order valence-corrected chi connectivity index (χ0v) is 9.87. The zero-order valence-electron chi connectivity index (χ0n) is 9.87. The highest BCUT2D eigenvalue weighted by Gasteiger charge is 2.33. The lowest BCUT2D eigenvalue weighted by molar-refractivity contribution is -0.122. The monoisotopic (exact) mass is 222 g/mol. The third-order valence-electron chi connectivity index (χ3n) is 3.72. The van der Waals surface area contributed by atoms with Gasteiger partial charge in [-0.05, 0) is 38.0 Å². The SMILES string of the molecule is C=CCCNC(=O)CC1CC2CCC(C1)N2. The molecule has 2 unspecified atom stereocenters. The van der Waals surface area contributed by atoms with Crippen molar-refractivity contribution in [3.05, 3.63) is 12.7 Å². The number of piperidine rings is 1. The first-order valence-electron chi connectivity index (χ1n) is 6.41. The van der Waals surface area contributed by atoms with Crippen LogP contribution in [-0.4, -0.2) is 24.5 Å². The van der Waals surface area contributed by atoms with Gasteiger partial charge in [0.25, 0.3) is 0 Å². The number of carbonyl (C=O) groups is 1. The molecule has 0 saturated carbocycles. The molecule has 90 valence electrons. The van der Waals surface area contributed by atoms with Gasteiger partial charge in [-0.2, -0.15) is 0 Å². The van der Waals surface area contributed by atoms with E-state index in [1.807, 2.05) is 6.08 Å². The van der Waals surface area contributed by atoms with E-state index in [4.69, 9.17) is 0 Å². The van der Waals surface area contributed by atoms with Gasteiger partial charge in [-0.3, -0.25) is 4.79 Å². The fourth-order valence-electron chi connectivity index (χ4n) is 2.99. The first-order chi connectivity index (χ1) is 7.78. The molecule has 2 bridgehead atoms. The Morgan fingerprint density at radius 2 is 2.06 bits per heavy atom. The topological polar surface area (TPSA) is 41.1 Å². The molecule has 2 saturated heterocycles. The van der Waals surface area contributed by atoms with Gasteiger partial charge < -0.3 is 10.6 Å². The maximum absolute atomic E-state index is 11.7. The van der Waals surface area contributed by atoms with E-state index in [-0.39, 0.29) is 5.91 Å². The van der Waals surface area contributed by atoms with Crippen LogP contribution < -0.4 is 10.6 Å². The highest BCUT2D eigenvalue weighted by Crippen LogP contribution is 2.32. The van der Waals surface area contributed by atoms with Gasteiger partial charge in [0, 0.05) is 25.0 Å². The van der Waals surface area contributed by atoms with Crippen LogP contribution in [0.15, 0.2) is 12.7 Å². The molecule has 2 atom stereocenters. The summed E-state index contributed by atoms with van der Waals surface area (Å²) in [5.41, 5.74) is 0. The number of hydrogen-bond donors (Lipinski definition) is 2. The number of fused-ring (bicyclic) bond motifs is 2. The molecule has 2 aliphatic heterocycles. The Bertz CT molecular complexity index is 253. The van der Waals surface area contributed by atoms with Gasteiger partial charge in [-0.15, -0.1) is 6.58 Å². The summed E-state index contributed by atoms with van der Waals surface area (Å²) in [6.07, 6.45) is 8.40. The largest absolute Gasteiger partial charge is 0.356 e. The minimum Gasteiger partial charge on any atom is -0.356 e. The molecule has 0 aromatic rings. The van der Waals surface area contributed by atoms with E-state index in [2.05, 4.69) is 17.2 Å². The molecule has 2 N–H and O–H groups in total. The summed E-state index contributed by atoms with van der Waals surface area (Å²) in [7, 11) is 0. The Hall–Kier alpha value is -0.830. The Kier molecular flexibility index (Phi) is 3.99. The van der Waals surface area contributed by atoms with E-state index in [0.29, 0.717) is 24.4 Å². The molecule has 3 nitrogen and oxygen atoms in total. The summed E-state index contributed by atoms with van der Waals surface area (Å²) >= 11 is 0. The van der Waals surface area contributed by atoms with Crippen LogP contribution in [0.1, 0.15) is 38.5 Å². The average Bonchev–Trinajstić information content (AvgIpc) is 2.58. The smallest absolute Gasteiger partial charge is 0.220 e. The Balaban J connectivity index is 1.69. The number of hydrogen-bond acceptors (Lipinski definition) is 2. The average molecular weight is 222 g/mol. The maximum atomic E-state index is 11.7. The molecule has 2 fully saturated rings. The summed E-state index contributed by atoms with van der Waals surface area (Å²) in [6.45, 7) is 4.38. The standard InChI is InChI=1S/C13H22N2O/c1-2-3-6-14-13(16)9-10-7-11-4-5-12(8-10)15-11/h2,10-12,15H,1,3-9H2,(H,14,16). The molecule has 0 aromatic heterocycles. The summed E-state index contributed by atoms with van der Waals surface area (Å²) in [6, 6.07) is 1.37. The van der Waals surface area contributed by atoms with Crippen LogP contribution in [0.2, 0.25) is 0 Å². The molecular weight excluding hydrogens is 200 g/mol. The molecule has 3 heteroatoms. The second-order valence-electron chi connectivity index (χ2n) is 5.11. The summed E-state index contributed by atoms with van der Waals surface area (Å²) in [5, 5.41) is 6.55. The van der Waals surface area contributed by atoms with Crippen LogP contribution in [0.4, 0.5) is 0 Å². The van der Waals surface area contributed by atoms with Crippen molar-refractivity contribution in [1.82, 2.24) is 10.6 Å². The third kappa shape index (κ3) is 3.08. The Labute approximate surface area is 97.7 Å². The van der Waals surface area contributed by atoms with Crippen molar-refractivity contribution in [1.29, 1.82) is 0 Å². The Morgan fingerprint density at radius 1 is 1.38 bits per heavy atom. The lowest BCUT2D eigenvalue weighted by Crippen LogP contribution is -2.39. The van der Waals surface area contributed by atoms with E-state index in [0.717, 1.165) is 13.0 Å². The number of amides is 1. The lowest BCUT2D eigenvalue weighted by atomic mass is 9.89. The molecule has 2 heterocycles. The number of nitrogens with one attached hydrogen (secondary N) is 2. The van der Waals surface area contributed by atoms with Crippen molar-refractivity contribution in [3.8, 4) is 0 Å². The summed E-state index contributed by atoms with van der Waals surface area (Å²) in [4.78, 5) is 11.7. The van der Waals surface area contributed by atoms with E-state index < -0.39 is 0 Å². The predicted molar refractivity (Wildman–Crippen MR) is 65.1 cm³/mol. The van der Waals surface area contributed by atoms with Gasteiger partial charge in [0.1, 0.15) is 0 Å². The zero-order chi connectivity index (χ0) is 11.4. The van der Waals surface area contributed by atoms with Gasteiger partial charge in [0.15, 0.2) is 0 Å². The van der Waals surface area contributed by atoms with Crippen LogP contribution in [-0.2, 0) is 4.79 Å². The van der Waals surface area contributed by atoms with Crippen LogP contribution in [0.3, 0.4) is 0 Å². The van der Waals surface area contributed by atoms with Crippen molar-refractivity contribution in [3.63, 3.8) is 0 Å². The first-order valence-corrected chi connectivity index (χ1v) is 6.41. The van der Waals surface area contributed by atoms with E-state index in [1.54, 1.807) is 0 Å². The minimum atomic E-state index is 0.216. The minimum absolute atomic E-state index is 0.216. The van der Waals surface area contributed by atoms with E-state index in [9.17, 15) is 4.79 Å². The number of rotatable bonds is 5. The predicted octanol–water partition coefficient (Wildman–Crippen LogP) is 1.60. The highest BCUT2D eigenvalue weighted by molar-refractivity contribution is 5.76. The normalized spacial score (nSPS) is 32.4. The molecule has 1 amide bonds. The van der Waals surface area contributed by atoms with Crippen molar-refractivity contribution >= 4 is 5.91 Å². The molecule has 0 aliphatic carbocycles. The van der Waals surface area contributed by atoms with E-state index >= 15 is 0 Å². The molecule has 2 rings (SSSR count). The second-order valence-corrected chi connectivity index (χ2v) is 5.11. The number of carbonyl (C=O) groups excluding carboxylic acids is 1. The fraction of sp³-hybridized carbons (Fsp3) is 0.769. The molecule has 2 aliphatic rings. The van der Waals surface area contributed by atoms with Gasteiger partial charge in [-0.1, -0.05) is 6.08 Å². The van der Waals surface area contributed by atoms with Crippen LogP contribution in [0.25, 0.3) is 0 Å². The lowest BCUT2D eigenvalue weighted by Gasteiger charge is -2.28. The van der Waals surface area contributed by atoms with Crippen molar-refractivity contribution in [2.45, 2.75) is 50.6 Å². The maximum Gasteiger partial charge on any atom is 0.220 e. The second kappa shape index (κ2) is 5.48. The highest BCUT2D eigenvalue weighted by atomic mass is 16.1. The summed E-state index contributed by atoms with van der Waals surface area (Å²) in [5.74, 6) is 0.815. The fourth-order valence-corrected chi connectivity index (χ4v) is 2.99. The first kappa shape index (κ1) is 11.6. The van der Waals surface area contributed by atoms with Gasteiger partial charge in [0.2, 0.25) is 5.91 Å². The van der Waals surface area contributed by atoms with Gasteiger partial charge in [-0.25, -0.2) is 0 Å². The molecule has 0 aromatic carbocycles. The molecule has 16 heavy (non-hydrogen) atoms. The quantitative estimate of drug-likeness (QED) is 0.548. The van der Waals surface area contributed by atoms with Crippen LogP contribution in [0, 0.1) is 5.92 Å². The summed E-state index contributed by atoms with van der Waals surface area (Å²) < 4.78 is 0. The van der Waals surface area contributed by atoms with Crippen molar-refractivity contribution in [2.24, 2.45) is 5.92 Å². The van der Waals surface area contributed by atoms with Gasteiger partial charge in [0.05, 0.1) is 0 Å². The van der Waals surface area contributed by atoms with Crippen LogP contribution >= 0.6 is 0 Å². The van der Waals surface area contributed by atoms with Crippen molar-refractivity contribution < 1.29 is 4.79 Å². The van der Waals surface area contributed by atoms with Gasteiger partial charge >= 0.3 is 0 Å². The molecule has 0 radical (unpaired) electrons. The van der Waals surface area contributed by atoms with E-state index in [1.165, 1.54) is 25.7 Å².